The first-order chi connectivity index (χ1) is 6.70. The number of aliphatic hydroxyl groups excluding tert-OH is 1. The highest BCUT2D eigenvalue weighted by Crippen LogP contribution is 1.88. The van der Waals surface area contributed by atoms with Crippen molar-refractivity contribution >= 4 is 0 Å². The van der Waals surface area contributed by atoms with Crippen molar-refractivity contribution in [2.24, 2.45) is 0 Å². The van der Waals surface area contributed by atoms with Gasteiger partial charge in [0.15, 0.2) is 0 Å². The molecule has 0 amide bonds. The molecule has 0 saturated carbocycles. The molecule has 0 aromatic carbocycles. The molecule has 0 aliphatic carbocycles. The van der Waals surface area contributed by atoms with Crippen LogP contribution in [0.15, 0.2) is 0 Å². The highest BCUT2D eigenvalue weighted by molar-refractivity contribution is 4.57. The first kappa shape index (κ1) is 13.8. The van der Waals surface area contributed by atoms with E-state index in [1.165, 1.54) is 6.42 Å². The zero-order valence-corrected chi connectivity index (χ0v) is 9.79. The molecule has 0 fully saturated rings. The summed E-state index contributed by atoms with van der Waals surface area (Å²) in [4.78, 5) is 4.47. The van der Waals surface area contributed by atoms with Gasteiger partial charge < -0.3 is 20.2 Å². The minimum absolute atomic E-state index is 0.250. The normalized spacial score (nSPS) is 11.6. The summed E-state index contributed by atoms with van der Waals surface area (Å²) in [7, 11) is 6.16. The van der Waals surface area contributed by atoms with Crippen LogP contribution in [0.2, 0.25) is 0 Å². The molecule has 86 valence electrons. The van der Waals surface area contributed by atoms with Gasteiger partial charge in [-0.1, -0.05) is 0 Å². The van der Waals surface area contributed by atoms with Crippen molar-refractivity contribution in [3.05, 3.63) is 0 Å². The van der Waals surface area contributed by atoms with Gasteiger partial charge in [0.1, 0.15) is 0 Å². The number of hydrogen-bond donors (Lipinski definition) is 2. The van der Waals surface area contributed by atoms with Crippen molar-refractivity contribution in [2.75, 3.05) is 60.5 Å². The van der Waals surface area contributed by atoms with Crippen LogP contribution in [0.3, 0.4) is 0 Å². The Labute approximate surface area is 87.9 Å². The van der Waals surface area contributed by atoms with Crippen LogP contribution in [-0.4, -0.2) is 75.4 Å². The Morgan fingerprint density at radius 3 is 2.07 bits per heavy atom. The molecule has 2 N–H and O–H groups in total. The maximum atomic E-state index is 8.71. The summed E-state index contributed by atoms with van der Waals surface area (Å²) in [5, 5.41) is 11.8. The van der Waals surface area contributed by atoms with Crippen molar-refractivity contribution in [3.63, 3.8) is 0 Å². The van der Waals surface area contributed by atoms with E-state index in [9.17, 15) is 0 Å². The van der Waals surface area contributed by atoms with Crippen LogP contribution in [0.4, 0.5) is 0 Å². The number of aliphatic hydroxyl groups is 1. The quantitative estimate of drug-likeness (QED) is 0.493. The van der Waals surface area contributed by atoms with Crippen LogP contribution in [0, 0.1) is 0 Å². The van der Waals surface area contributed by atoms with E-state index in [4.69, 9.17) is 5.11 Å². The number of nitrogens with one attached hydrogen (secondary N) is 1. The molecule has 0 spiro atoms. The fourth-order valence-corrected chi connectivity index (χ4v) is 1.26. The van der Waals surface area contributed by atoms with Gasteiger partial charge in [0.05, 0.1) is 6.61 Å². The second-order valence-electron chi connectivity index (χ2n) is 3.79. The van der Waals surface area contributed by atoms with E-state index >= 15 is 0 Å². The van der Waals surface area contributed by atoms with E-state index in [2.05, 4.69) is 22.2 Å². The molecule has 0 rings (SSSR count). The fraction of sp³-hybridized carbons (Fsp3) is 1.00. The summed E-state index contributed by atoms with van der Waals surface area (Å²) >= 11 is 0. The summed E-state index contributed by atoms with van der Waals surface area (Å²) in [5.74, 6) is 0. The first-order valence-corrected chi connectivity index (χ1v) is 5.33. The monoisotopic (exact) mass is 203 g/mol. The van der Waals surface area contributed by atoms with Crippen molar-refractivity contribution in [1.29, 1.82) is 0 Å². The lowest BCUT2D eigenvalue weighted by molar-refractivity contribution is 0.201. The van der Waals surface area contributed by atoms with Crippen LogP contribution < -0.4 is 5.32 Å². The Bertz CT molecular complexity index is 122. The minimum atomic E-state index is 0.250. The predicted molar refractivity (Wildman–Crippen MR) is 60.6 cm³/mol. The summed E-state index contributed by atoms with van der Waals surface area (Å²) in [6, 6.07) is 0. The van der Waals surface area contributed by atoms with E-state index < -0.39 is 0 Å². The third-order valence-corrected chi connectivity index (χ3v) is 2.31. The van der Waals surface area contributed by atoms with Crippen molar-refractivity contribution in [3.8, 4) is 0 Å². The smallest absolute Gasteiger partial charge is 0.0558 e. The lowest BCUT2D eigenvalue weighted by Crippen LogP contribution is -2.33. The molecule has 0 aromatic rings. The van der Waals surface area contributed by atoms with Crippen LogP contribution in [-0.2, 0) is 0 Å². The third-order valence-electron chi connectivity index (χ3n) is 2.31. The van der Waals surface area contributed by atoms with E-state index in [1.54, 1.807) is 0 Å². The van der Waals surface area contributed by atoms with Gasteiger partial charge in [-0.05, 0) is 40.7 Å². The number of likely N-dealkylation sites (N-methyl/N-ethyl adjacent to an activating group) is 2. The molecule has 0 aliphatic rings. The topological polar surface area (TPSA) is 38.7 Å². The number of rotatable bonds is 9. The molecule has 0 unspecified atom stereocenters. The van der Waals surface area contributed by atoms with Gasteiger partial charge in [-0.15, -0.1) is 0 Å². The molecular weight excluding hydrogens is 178 g/mol. The van der Waals surface area contributed by atoms with Crippen LogP contribution in [0.5, 0.6) is 0 Å². The summed E-state index contributed by atoms with van der Waals surface area (Å²) in [6.45, 7) is 5.33. The first-order valence-electron chi connectivity index (χ1n) is 5.33. The van der Waals surface area contributed by atoms with Gasteiger partial charge >= 0.3 is 0 Å². The Hall–Kier alpha value is -0.160. The Balaban J connectivity index is 3.29. The molecule has 0 heterocycles. The molecule has 0 radical (unpaired) electrons. The van der Waals surface area contributed by atoms with E-state index in [-0.39, 0.29) is 6.61 Å². The lowest BCUT2D eigenvalue weighted by Gasteiger charge is -2.21. The molecular formula is C10H25N3O. The van der Waals surface area contributed by atoms with Gasteiger partial charge in [0, 0.05) is 19.6 Å². The van der Waals surface area contributed by atoms with E-state index in [0.717, 1.165) is 32.7 Å². The zero-order valence-electron chi connectivity index (χ0n) is 9.79. The average Bonchev–Trinajstić information content (AvgIpc) is 2.16. The fourth-order valence-electron chi connectivity index (χ4n) is 1.26. The summed E-state index contributed by atoms with van der Waals surface area (Å²) < 4.78 is 0. The standard InChI is InChI=1S/C10H25N3O/c1-11-5-4-6-12(2)7-8-13(3)9-10-14/h11,14H,4-10H2,1-3H3. The SMILES string of the molecule is CNCCCN(C)CCN(C)CCO. The van der Waals surface area contributed by atoms with Crippen LogP contribution >= 0.6 is 0 Å². The molecule has 4 nitrogen and oxygen atoms in total. The predicted octanol–water partition coefficient (Wildman–Crippen LogP) is -0.548. The van der Waals surface area contributed by atoms with Crippen molar-refractivity contribution < 1.29 is 5.11 Å². The number of hydrogen-bond acceptors (Lipinski definition) is 4. The molecule has 0 aliphatic heterocycles. The van der Waals surface area contributed by atoms with Gasteiger partial charge in [-0.2, -0.15) is 0 Å². The minimum Gasteiger partial charge on any atom is -0.395 e. The second kappa shape index (κ2) is 9.40. The van der Waals surface area contributed by atoms with Crippen molar-refractivity contribution in [2.45, 2.75) is 6.42 Å². The average molecular weight is 203 g/mol. The molecule has 0 bridgehead atoms. The maximum absolute atomic E-state index is 8.71. The summed E-state index contributed by atoms with van der Waals surface area (Å²) in [5.41, 5.74) is 0. The Morgan fingerprint density at radius 2 is 1.57 bits per heavy atom. The molecule has 14 heavy (non-hydrogen) atoms. The second-order valence-corrected chi connectivity index (χ2v) is 3.79. The van der Waals surface area contributed by atoms with E-state index in [1.807, 2.05) is 14.1 Å². The highest BCUT2D eigenvalue weighted by Gasteiger charge is 2.00. The lowest BCUT2D eigenvalue weighted by atomic mass is 10.4. The summed E-state index contributed by atoms with van der Waals surface area (Å²) in [6.07, 6.45) is 1.19. The van der Waals surface area contributed by atoms with Gasteiger partial charge in [-0.3, -0.25) is 0 Å². The molecule has 4 heteroatoms. The number of nitrogens with zero attached hydrogens (tertiary/aromatic N) is 2. The van der Waals surface area contributed by atoms with Gasteiger partial charge in [-0.25, -0.2) is 0 Å². The Kier molecular flexibility index (Phi) is 9.29. The molecule has 0 atom stereocenters. The molecule has 0 aromatic heterocycles. The van der Waals surface area contributed by atoms with Crippen LogP contribution in [0.1, 0.15) is 6.42 Å². The third kappa shape index (κ3) is 8.44. The van der Waals surface area contributed by atoms with Gasteiger partial charge in [0.2, 0.25) is 0 Å². The molecule has 0 saturated heterocycles. The largest absolute Gasteiger partial charge is 0.395 e. The zero-order chi connectivity index (χ0) is 10.8. The van der Waals surface area contributed by atoms with Crippen molar-refractivity contribution in [1.82, 2.24) is 15.1 Å². The highest BCUT2D eigenvalue weighted by atomic mass is 16.3. The Morgan fingerprint density at radius 1 is 1.00 bits per heavy atom. The van der Waals surface area contributed by atoms with Crippen LogP contribution in [0.25, 0.3) is 0 Å². The van der Waals surface area contributed by atoms with E-state index in [0.29, 0.717) is 0 Å². The van der Waals surface area contributed by atoms with Gasteiger partial charge in [0.25, 0.3) is 0 Å². The maximum Gasteiger partial charge on any atom is 0.0558 e.